The number of benzene rings is 1. The van der Waals surface area contributed by atoms with E-state index in [1.807, 2.05) is 13.8 Å². The Morgan fingerprint density at radius 3 is 1.96 bits per heavy atom. The van der Waals surface area contributed by atoms with Crippen molar-refractivity contribution in [3.8, 4) is 0 Å². The summed E-state index contributed by atoms with van der Waals surface area (Å²) in [6.07, 6.45) is 0.574. The van der Waals surface area contributed by atoms with Gasteiger partial charge in [0.25, 0.3) is 0 Å². The van der Waals surface area contributed by atoms with Crippen LogP contribution < -0.4 is 32.3 Å². The Bertz CT molecular complexity index is 1560. The largest absolute Gasteiger partial charge is 0.480 e. The molecule has 18 heteroatoms. The molecule has 2 fully saturated rings. The first-order chi connectivity index (χ1) is 25.9. The second-order valence-electron chi connectivity index (χ2n) is 14.7. The minimum Gasteiger partial charge on any atom is -0.480 e. The molecule has 0 aliphatic carbocycles. The quantitative estimate of drug-likeness (QED) is 0.0821. The SMILES string of the molecule is CC(C)C[C@H](N)C(=O)N[C@@H](C)C(=O)N[C@H](C(=O)N[C@@H](Cc1ccccc1)C(=O)N1CCC[C@H]1C(=O)N1CCC[C@H]1C(=O)N[C@@H](C)C(=O)NCC(=O)O)[C@@H](C)O. The van der Waals surface area contributed by atoms with Crippen LogP contribution in [0.25, 0.3) is 0 Å². The number of carboxylic acid groups (broad SMARTS) is 1. The van der Waals surface area contributed by atoms with E-state index in [9.17, 15) is 43.5 Å². The van der Waals surface area contributed by atoms with Crippen molar-refractivity contribution >= 4 is 47.3 Å². The molecule has 55 heavy (non-hydrogen) atoms. The fourth-order valence-corrected chi connectivity index (χ4v) is 6.67. The summed E-state index contributed by atoms with van der Waals surface area (Å²) >= 11 is 0. The molecule has 2 saturated heterocycles. The third kappa shape index (κ3) is 12.7. The van der Waals surface area contributed by atoms with E-state index < -0.39 is 102 Å². The maximum atomic E-state index is 14.3. The number of aliphatic carboxylic acids is 1. The molecule has 1 aromatic carbocycles. The van der Waals surface area contributed by atoms with Gasteiger partial charge in [0.1, 0.15) is 42.8 Å². The zero-order valence-corrected chi connectivity index (χ0v) is 32.1. The third-order valence-corrected chi connectivity index (χ3v) is 9.60. The number of aliphatic hydroxyl groups is 1. The van der Waals surface area contributed by atoms with Gasteiger partial charge >= 0.3 is 5.97 Å². The van der Waals surface area contributed by atoms with Crippen molar-refractivity contribution in [1.82, 2.24) is 36.4 Å². The Hall–Kier alpha value is -5.10. The molecule has 1 aromatic rings. The molecule has 0 bridgehead atoms. The molecule has 0 radical (unpaired) electrons. The van der Waals surface area contributed by atoms with Gasteiger partial charge in [-0.1, -0.05) is 44.2 Å². The van der Waals surface area contributed by atoms with Crippen LogP contribution in [0.2, 0.25) is 0 Å². The standard InChI is InChI=1S/C37H56N8O10/c1-20(2)17-25(38)33(51)40-22(4)32(50)43-30(23(5)46)35(53)42-26(18-24-11-7-6-8-12-24)36(54)45-16-10-14-28(45)37(55)44-15-9-13-27(44)34(52)41-21(3)31(49)39-19-29(47)48/h6-8,11-12,20-23,25-28,30,46H,9-10,13-19,38H2,1-5H3,(H,39,49)(H,40,51)(H,41,52)(H,42,53)(H,43,50)(H,47,48)/t21-,22-,23+,25-,26-,27-,28-,30-/m0/s1. The van der Waals surface area contributed by atoms with Gasteiger partial charge in [-0.25, -0.2) is 0 Å². The average Bonchev–Trinajstić information content (AvgIpc) is 3.83. The lowest BCUT2D eigenvalue weighted by atomic mass is 10.0. The van der Waals surface area contributed by atoms with Crippen molar-refractivity contribution in [2.75, 3.05) is 19.6 Å². The molecule has 7 amide bonds. The highest BCUT2D eigenvalue weighted by atomic mass is 16.4. The van der Waals surface area contributed by atoms with E-state index in [1.54, 1.807) is 30.3 Å². The van der Waals surface area contributed by atoms with Gasteiger partial charge < -0.3 is 52.3 Å². The van der Waals surface area contributed by atoms with Crippen LogP contribution in [0.5, 0.6) is 0 Å². The summed E-state index contributed by atoms with van der Waals surface area (Å²) in [5.41, 5.74) is 6.62. The maximum absolute atomic E-state index is 14.3. The zero-order valence-electron chi connectivity index (χ0n) is 32.1. The topological polar surface area (TPSA) is 270 Å². The van der Waals surface area contributed by atoms with E-state index in [-0.39, 0.29) is 25.4 Å². The monoisotopic (exact) mass is 772 g/mol. The van der Waals surface area contributed by atoms with Crippen LogP contribution >= 0.6 is 0 Å². The van der Waals surface area contributed by atoms with Gasteiger partial charge in [-0.2, -0.15) is 0 Å². The van der Waals surface area contributed by atoms with E-state index >= 15 is 0 Å². The van der Waals surface area contributed by atoms with Gasteiger partial charge in [-0.3, -0.25) is 38.4 Å². The zero-order chi connectivity index (χ0) is 41.0. The Kier molecular flexibility index (Phi) is 16.5. The minimum atomic E-state index is -1.52. The van der Waals surface area contributed by atoms with Crippen molar-refractivity contribution in [3.63, 3.8) is 0 Å². The molecule has 18 nitrogen and oxygen atoms in total. The molecule has 3 rings (SSSR count). The van der Waals surface area contributed by atoms with Crippen molar-refractivity contribution in [2.24, 2.45) is 11.7 Å². The summed E-state index contributed by atoms with van der Waals surface area (Å²) in [7, 11) is 0. The molecular formula is C37H56N8O10. The maximum Gasteiger partial charge on any atom is 0.322 e. The predicted molar refractivity (Wildman–Crippen MR) is 198 cm³/mol. The summed E-state index contributed by atoms with van der Waals surface area (Å²) in [4.78, 5) is 107. The van der Waals surface area contributed by atoms with Gasteiger partial charge in [0.05, 0.1) is 12.1 Å². The Balaban J connectivity index is 1.76. The van der Waals surface area contributed by atoms with Crippen LogP contribution in [-0.2, 0) is 44.8 Å². The van der Waals surface area contributed by atoms with Crippen LogP contribution in [0, 0.1) is 5.92 Å². The number of carbonyl (C=O) groups excluding carboxylic acids is 7. The lowest BCUT2D eigenvalue weighted by Gasteiger charge is -2.33. The lowest BCUT2D eigenvalue weighted by molar-refractivity contribution is -0.148. The number of carbonyl (C=O) groups is 8. The van der Waals surface area contributed by atoms with Gasteiger partial charge in [0, 0.05) is 19.5 Å². The number of rotatable bonds is 18. The summed E-state index contributed by atoms with van der Waals surface area (Å²) in [5.74, 6) is -5.62. The highest BCUT2D eigenvalue weighted by Crippen LogP contribution is 2.26. The van der Waals surface area contributed by atoms with Crippen molar-refractivity contribution < 1.29 is 48.6 Å². The molecule has 0 aromatic heterocycles. The van der Waals surface area contributed by atoms with Crippen LogP contribution in [0.1, 0.15) is 72.3 Å². The first-order valence-corrected chi connectivity index (χ1v) is 18.7. The Morgan fingerprint density at radius 1 is 0.764 bits per heavy atom. The van der Waals surface area contributed by atoms with Gasteiger partial charge in [-0.05, 0) is 64.4 Å². The van der Waals surface area contributed by atoms with Crippen LogP contribution in [0.15, 0.2) is 30.3 Å². The molecule has 2 heterocycles. The lowest BCUT2D eigenvalue weighted by Crippen LogP contribution is -2.61. The summed E-state index contributed by atoms with van der Waals surface area (Å²) < 4.78 is 0. The number of hydrogen-bond acceptors (Lipinski definition) is 10. The highest BCUT2D eigenvalue weighted by molar-refractivity contribution is 5.98. The number of hydrogen-bond donors (Lipinski definition) is 8. The summed E-state index contributed by atoms with van der Waals surface area (Å²) in [6, 6.07) is 1.19. The number of nitrogens with zero attached hydrogens (tertiary/aromatic N) is 2. The second-order valence-corrected chi connectivity index (χ2v) is 14.7. The first kappa shape index (κ1) is 44.3. The van der Waals surface area contributed by atoms with Crippen molar-refractivity contribution in [1.29, 1.82) is 0 Å². The summed E-state index contributed by atoms with van der Waals surface area (Å²) in [6.45, 7) is 7.70. The summed E-state index contributed by atoms with van der Waals surface area (Å²) in [5, 5.41) is 31.8. The van der Waals surface area contributed by atoms with Gasteiger partial charge in [0.15, 0.2) is 0 Å². The fourth-order valence-electron chi connectivity index (χ4n) is 6.67. The second kappa shape index (κ2) is 20.5. The van der Waals surface area contributed by atoms with Crippen molar-refractivity contribution in [2.45, 2.75) is 122 Å². The number of nitrogens with one attached hydrogen (secondary N) is 5. The van der Waals surface area contributed by atoms with Crippen molar-refractivity contribution in [3.05, 3.63) is 35.9 Å². The highest BCUT2D eigenvalue weighted by Gasteiger charge is 2.44. The van der Waals surface area contributed by atoms with E-state index in [1.165, 1.54) is 30.6 Å². The number of aliphatic hydroxyl groups excluding tert-OH is 1. The number of likely N-dealkylation sites (tertiary alicyclic amines) is 2. The molecule has 9 N–H and O–H groups in total. The van der Waals surface area contributed by atoms with Crippen LogP contribution in [0.3, 0.4) is 0 Å². The molecule has 304 valence electrons. The molecule has 2 aliphatic heterocycles. The fraction of sp³-hybridized carbons (Fsp3) is 0.622. The first-order valence-electron chi connectivity index (χ1n) is 18.7. The molecule has 2 aliphatic rings. The molecular weight excluding hydrogens is 716 g/mol. The van der Waals surface area contributed by atoms with Gasteiger partial charge in [0.2, 0.25) is 41.4 Å². The average molecular weight is 773 g/mol. The smallest absolute Gasteiger partial charge is 0.322 e. The number of amides is 7. The third-order valence-electron chi connectivity index (χ3n) is 9.60. The Morgan fingerprint density at radius 2 is 1.36 bits per heavy atom. The van der Waals surface area contributed by atoms with Crippen LogP contribution in [-0.4, -0.2) is 135 Å². The molecule has 0 saturated carbocycles. The number of nitrogens with two attached hydrogens (primary N) is 1. The number of carboxylic acids is 1. The van der Waals surface area contributed by atoms with Gasteiger partial charge in [-0.15, -0.1) is 0 Å². The predicted octanol–water partition coefficient (Wildman–Crippen LogP) is -1.85. The normalized spacial score (nSPS) is 20.0. The van der Waals surface area contributed by atoms with Crippen LogP contribution in [0.4, 0.5) is 0 Å². The Labute approximate surface area is 320 Å². The van der Waals surface area contributed by atoms with E-state index in [0.29, 0.717) is 37.7 Å². The minimum absolute atomic E-state index is 0.0140. The molecule has 8 atom stereocenters. The molecule has 0 spiro atoms. The van der Waals surface area contributed by atoms with E-state index in [0.717, 1.165) is 0 Å². The van der Waals surface area contributed by atoms with E-state index in [2.05, 4.69) is 26.6 Å². The molecule has 0 unspecified atom stereocenters. The van der Waals surface area contributed by atoms with E-state index in [4.69, 9.17) is 10.8 Å².